The summed E-state index contributed by atoms with van der Waals surface area (Å²) < 4.78 is 0. The maximum atomic E-state index is 6.10. The number of likely N-dealkylation sites (tertiary alicyclic amines) is 1. The van der Waals surface area contributed by atoms with E-state index in [1.807, 2.05) is 6.20 Å². The van der Waals surface area contributed by atoms with Crippen molar-refractivity contribution < 1.29 is 0 Å². The van der Waals surface area contributed by atoms with Crippen molar-refractivity contribution in [2.24, 2.45) is 10.7 Å². The van der Waals surface area contributed by atoms with Crippen molar-refractivity contribution in [3.63, 3.8) is 0 Å². The van der Waals surface area contributed by atoms with E-state index in [0.717, 1.165) is 50.6 Å². The van der Waals surface area contributed by atoms with E-state index < -0.39 is 0 Å². The average molecular weight is 444 g/mol. The molecule has 0 amide bonds. The van der Waals surface area contributed by atoms with Crippen molar-refractivity contribution in [3.8, 4) is 0 Å². The number of anilines is 1. The van der Waals surface area contributed by atoms with Gasteiger partial charge in [0.05, 0.1) is 6.54 Å². The Hall–Kier alpha value is -1.09. The quantitative estimate of drug-likeness (QED) is 0.438. The Balaban J connectivity index is 0.00000208. The van der Waals surface area contributed by atoms with Gasteiger partial charge in [0.25, 0.3) is 0 Å². The number of likely N-dealkylation sites (N-methyl/N-ethyl adjacent to an activating group) is 1. The molecular weight excluding hydrogens is 415 g/mol. The Morgan fingerprint density at radius 3 is 2.42 bits per heavy atom. The molecule has 0 bridgehead atoms. The third kappa shape index (κ3) is 5.20. The smallest absolute Gasteiger partial charge is 0.191 e. The maximum absolute atomic E-state index is 6.10. The van der Waals surface area contributed by atoms with Gasteiger partial charge in [-0.15, -0.1) is 24.0 Å². The number of halogens is 1. The van der Waals surface area contributed by atoms with Crippen molar-refractivity contribution in [2.45, 2.75) is 25.8 Å². The van der Waals surface area contributed by atoms with E-state index in [9.17, 15) is 0 Å². The summed E-state index contributed by atoms with van der Waals surface area (Å²) >= 11 is 0. The molecule has 0 saturated carbocycles. The number of hydrogen-bond donors (Lipinski definition) is 1. The van der Waals surface area contributed by atoms with Crippen molar-refractivity contribution in [3.05, 3.63) is 23.9 Å². The molecule has 0 atom stereocenters. The second kappa shape index (κ2) is 9.41. The summed E-state index contributed by atoms with van der Waals surface area (Å²) in [7, 11) is 2.17. The van der Waals surface area contributed by atoms with Crippen molar-refractivity contribution in [1.29, 1.82) is 0 Å². The lowest BCUT2D eigenvalue weighted by molar-refractivity contribution is 0.312. The molecule has 0 unspecified atom stereocenters. The van der Waals surface area contributed by atoms with Gasteiger partial charge >= 0.3 is 0 Å². The zero-order chi connectivity index (χ0) is 16.1. The molecule has 6 nitrogen and oxygen atoms in total. The zero-order valence-corrected chi connectivity index (χ0v) is 16.9. The fraction of sp³-hybridized carbons (Fsp3) is 0.647. The predicted octanol–water partition coefficient (Wildman–Crippen LogP) is 1.75. The number of piperidine rings is 1. The molecule has 1 aromatic rings. The minimum atomic E-state index is 0. The molecule has 7 heteroatoms. The monoisotopic (exact) mass is 444 g/mol. The van der Waals surface area contributed by atoms with Gasteiger partial charge in [-0.05, 0) is 37.9 Å². The summed E-state index contributed by atoms with van der Waals surface area (Å²) in [4.78, 5) is 16.0. The van der Waals surface area contributed by atoms with Crippen LogP contribution in [-0.2, 0) is 6.54 Å². The van der Waals surface area contributed by atoms with Gasteiger partial charge in [0, 0.05) is 45.5 Å². The van der Waals surface area contributed by atoms with Crippen LogP contribution in [0.15, 0.2) is 23.3 Å². The molecular formula is C17H29IN6. The molecule has 24 heavy (non-hydrogen) atoms. The highest BCUT2D eigenvalue weighted by molar-refractivity contribution is 14.0. The van der Waals surface area contributed by atoms with Gasteiger partial charge < -0.3 is 20.4 Å². The highest BCUT2D eigenvalue weighted by Gasteiger charge is 2.15. The second-order valence-corrected chi connectivity index (χ2v) is 6.54. The van der Waals surface area contributed by atoms with Crippen LogP contribution in [0, 0.1) is 0 Å². The number of pyridine rings is 1. The Kier molecular flexibility index (Phi) is 7.54. The first kappa shape index (κ1) is 19.2. The molecule has 0 aliphatic carbocycles. The normalized spacial score (nSPS) is 20.0. The maximum Gasteiger partial charge on any atom is 0.191 e. The van der Waals surface area contributed by atoms with Gasteiger partial charge in [-0.2, -0.15) is 0 Å². The van der Waals surface area contributed by atoms with E-state index in [-0.39, 0.29) is 24.0 Å². The fourth-order valence-electron chi connectivity index (χ4n) is 3.13. The lowest BCUT2D eigenvalue weighted by atomic mass is 10.1. The molecule has 134 valence electrons. The highest BCUT2D eigenvalue weighted by atomic mass is 127. The summed E-state index contributed by atoms with van der Waals surface area (Å²) in [5.74, 6) is 1.74. The minimum Gasteiger partial charge on any atom is -0.370 e. The molecule has 3 rings (SSSR count). The van der Waals surface area contributed by atoms with E-state index >= 15 is 0 Å². The third-order valence-corrected chi connectivity index (χ3v) is 4.74. The molecule has 2 fully saturated rings. The van der Waals surface area contributed by atoms with E-state index in [4.69, 9.17) is 5.73 Å². The molecule has 2 aliphatic rings. The third-order valence-electron chi connectivity index (χ3n) is 4.74. The first-order valence-corrected chi connectivity index (χ1v) is 8.66. The van der Waals surface area contributed by atoms with Crippen molar-refractivity contribution in [1.82, 2.24) is 14.8 Å². The summed E-state index contributed by atoms with van der Waals surface area (Å²) in [6, 6.07) is 4.22. The first-order chi connectivity index (χ1) is 11.2. The van der Waals surface area contributed by atoms with Crippen LogP contribution in [0.25, 0.3) is 0 Å². The van der Waals surface area contributed by atoms with E-state index in [1.54, 1.807) is 0 Å². The summed E-state index contributed by atoms with van der Waals surface area (Å²) in [5.41, 5.74) is 7.21. The number of aliphatic imine (C=N–C) groups is 1. The number of guanidine groups is 1. The molecule has 2 N–H and O–H groups in total. The number of nitrogens with two attached hydrogens (primary N) is 1. The van der Waals surface area contributed by atoms with Crippen LogP contribution in [0.1, 0.15) is 24.8 Å². The number of aromatic nitrogens is 1. The van der Waals surface area contributed by atoms with E-state index in [2.05, 4.69) is 43.9 Å². The zero-order valence-electron chi connectivity index (χ0n) is 14.5. The molecule has 3 heterocycles. The summed E-state index contributed by atoms with van der Waals surface area (Å²) in [5, 5.41) is 0. The van der Waals surface area contributed by atoms with Crippen LogP contribution in [-0.4, -0.2) is 67.1 Å². The molecule has 0 spiro atoms. The number of piperazine rings is 1. The van der Waals surface area contributed by atoms with Gasteiger partial charge in [-0.3, -0.25) is 0 Å². The van der Waals surface area contributed by atoms with E-state index in [0.29, 0.717) is 12.5 Å². The molecule has 0 aromatic carbocycles. The molecule has 0 radical (unpaired) electrons. The SMILES string of the molecule is CN1CCN(c2ccc(CN=C(N)N3CCCCC3)cn2)CC1.I. The van der Waals surface area contributed by atoms with E-state index in [1.165, 1.54) is 19.3 Å². The Bertz CT molecular complexity index is 518. The molecule has 2 aliphatic heterocycles. The Morgan fingerprint density at radius 1 is 1.08 bits per heavy atom. The van der Waals surface area contributed by atoms with Crippen molar-refractivity contribution in [2.75, 3.05) is 51.2 Å². The minimum absolute atomic E-state index is 0. The summed E-state index contributed by atoms with van der Waals surface area (Å²) in [6.45, 7) is 6.97. The first-order valence-electron chi connectivity index (χ1n) is 8.66. The van der Waals surface area contributed by atoms with Gasteiger partial charge in [-0.1, -0.05) is 6.07 Å². The topological polar surface area (TPSA) is 61.0 Å². The van der Waals surface area contributed by atoms with Crippen LogP contribution in [0.4, 0.5) is 5.82 Å². The predicted molar refractivity (Wildman–Crippen MR) is 110 cm³/mol. The average Bonchev–Trinajstić information content (AvgIpc) is 2.61. The van der Waals surface area contributed by atoms with Crippen LogP contribution in [0.5, 0.6) is 0 Å². The second-order valence-electron chi connectivity index (χ2n) is 6.54. The lowest BCUT2D eigenvalue weighted by Gasteiger charge is -2.33. The van der Waals surface area contributed by atoms with Crippen LogP contribution in [0.2, 0.25) is 0 Å². The fourth-order valence-corrected chi connectivity index (χ4v) is 3.13. The van der Waals surface area contributed by atoms with Gasteiger partial charge in [0.1, 0.15) is 5.82 Å². The number of hydrogen-bond acceptors (Lipinski definition) is 4. The Labute approximate surface area is 162 Å². The lowest BCUT2D eigenvalue weighted by Crippen LogP contribution is -2.44. The molecule has 1 aromatic heterocycles. The van der Waals surface area contributed by atoms with Gasteiger partial charge in [0.2, 0.25) is 0 Å². The number of nitrogens with zero attached hydrogens (tertiary/aromatic N) is 5. The Morgan fingerprint density at radius 2 is 1.79 bits per heavy atom. The highest BCUT2D eigenvalue weighted by Crippen LogP contribution is 2.14. The van der Waals surface area contributed by atoms with Gasteiger partial charge in [-0.25, -0.2) is 9.98 Å². The summed E-state index contributed by atoms with van der Waals surface area (Å²) in [6.07, 6.45) is 5.68. The van der Waals surface area contributed by atoms with Gasteiger partial charge in [0.15, 0.2) is 5.96 Å². The largest absolute Gasteiger partial charge is 0.370 e. The van der Waals surface area contributed by atoms with Crippen LogP contribution >= 0.6 is 24.0 Å². The standard InChI is InChI=1S/C17H28N6.HI/c1-21-9-11-22(12-10-21)16-6-5-15(13-19-16)14-20-17(18)23-7-3-2-4-8-23;/h5-6,13H,2-4,7-12,14H2,1H3,(H2,18,20);1H. The van der Waals surface area contributed by atoms with Crippen LogP contribution in [0.3, 0.4) is 0 Å². The van der Waals surface area contributed by atoms with Crippen LogP contribution < -0.4 is 10.6 Å². The number of rotatable bonds is 3. The van der Waals surface area contributed by atoms with Crippen molar-refractivity contribution >= 4 is 35.8 Å². The molecule has 2 saturated heterocycles.